The Hall–Kier alpha value is -1.26. The van der Waals surface area contributed by atoms with E-state index >= 15 is 0 Å². The summed E-state index contributed by atoms with van der Waals surface area (Å²) in [5.74, 6) is 0.558. The fourth-order valence-corrected chi connectivity index (χ4v) is 1.52. The molecule has 0 saturated carbocycles. The maximum atomic E-state index is 11.4. The number of carbonyl (C=O) groups is 1. The second kappa shape index (κ2) is 6.47. The predicted molar refractivity (Wildman–Crippen MR) is 68.4 cm³/mol. The van der Waals surface area contributed by atoms with E-state index in [1.807, 2.05) is 13.1 Å². The highest BCUT2D eigenvalue weighted by molar-refractivity contribution is 6.31. The highest BCUT2D eigenvalue weighted by atomic mass is 35.5. The third-order valence-electron chi connectivity index (χ3n) is 2.28. The summed E-state index contributed by atoms with van der Waals surface area (Å²) >= 11 is 6.07. The van der Waals surface area contributed by atoms with Crippen LogP contribution in [0.5, 0.6) is 5.75 Å². The number of hydrogen-bond donors (Lipinski definition) is 1. The number of rotatable bonds is 5. The molecule has 0 aromatic heterocycles. The van der Waals surface area contributed by atoms with Crippen LogP contribution in [-0.4, -0.2) is 38.6 Å². The second-order valence-electron chi connectivity index (χ2n) is 3.82. The molecule has 1 aromatic carbocycles. The first-order valence-electron chi connectivity index (χ1n) is 5.31. The van der Waals surface area contributed by atoms with Crippen molar-refractivity contribution in [3.8, 4) is 5.75 Å². The van der Waals surface area contributed by atoms with E-state index in [0.29, 0.717) is 17.3 Å². The molecule has 17 heavy (non-hydrogen) atoms. The van der Waals surface area contributed by atoms with Crippen LogP contribution >= 0.6 is 11.6 Å². The molecule has 0 fully saturated rings. The van der Waals surface area contributed by atoms with Gasteiger partial charge in [0.2, 0.25) is 0 Å². The summed E-state index contributed by atoms with van der Waals surface area (Å²) in [6, 6.07) is 5.41. The van der Waals surface area contributed by atoms with Crippen LogP contribution in [0.25, 0.3) is 0 Å². The van der Waals surface area contributed by atoms with E-state index in [9.17, 15) is 4.79 Å². The summed E-state index contributed by atoms with van der Waals surface area (Å²) in [7, 11) is 5.22. The number of carbonyl (C=O) groups excluding carboxylic acids is 1. The fourth-order valence-electron chi connectivity index (χ4n) is 1.29. The molecular weight excluding hydrogens is 240 g/mol. The Labute approximate surface area is 107 Å². The van der Waals surface area contributed by atoms with Crippen molar-refractivity contribution >= 4 is 17.5 Å². The number of hydrogen-bond acceptors (Lipinski definition) is 3. The smallest absolute Gasteiger partial charge is 0.259 e. The molecule has 0 aliphatic carbocycles. The third-order valence-corrected chi connectivity index (χ3v) is 2.63. The van der Waals surface area contributed by atoms with Crippen molar-refractivity contribution in [3.05, 3.63) is 28.8 Å². The summed E-state index contributed by atoms with van der Waals surface area (Å²) < 4.78 is 5.48. The zero-order valence-corrected chi connectivity index (χ0v) is 11.0. The first-order chi connectivity index (χ1) is 8.06. The number of ether oxygens (including phenoxy) is 1. The molecule has 0 radical (unpaired) electrons. The summed E-state index contributed by atoms with van der Waals surface area (Å²) in [4.78, 5) is 12.9. The average molecular weight is 257 g/mol. The number of nitrogens with one attached hydrogen (secondary N) is 1. The predicted octanol–water partition coefficient (Wildman–Crippen LogP) is 1.53. The van der Waals surface area contributed by atoms with Crippen LogP contribution in [0.4, 0.5) is 0 Å². The lowest BCUT2D eigenvalue weighted by molar-refractivity contribution is -0.130. The molecule has 94 valence electrons. The van der Waals surface area contributed by atoms with Crippen LogP contribution in [0.1, 0.15) is 5.56 Å². The van der Waals surface area contributed by atoms with Gasteiger partial charge in [0.1, 0.15) is 5.75 Å². The molecule has 1 aromatic rings. The highest BCUT2D eigenvalue weighted by Gasteiger charge is 2.10. The van der Waals surface area contributed by atoms with Gasteiger partial charge in [0.05, 0.1) is 0 Å². The van der Waals surface area contributed by atoms with Crippen LogP contribution < -0.4 is 10.1 Å². The lowest BCUT2D eigenvalue weighted by Crippen LogP contribution is -2.27. The Morgan fingerprint density at radius 3 is 2.76 bits per heavy atom. The maximum absolute atomic E-state index is 11.4. The Balaban J connectivity index is 2.76. The molecule has 0 aliphatic heterocycles. The molecule has 0 bridgehead atoms. The molecule has 1 N–H and O–H groups in total. The minimum atomic E-state index is -0.0830. The van der Waals surface area contributed by atoms with Crippen molar-refractivity contribution in [2.45, 2.75) is 6.54 Å². The average Bonchev–Trinajstić information content (AvgIpc) is 2.29. The highest BCUT2D eigenvalue weighted by Crippen LogP contribution is 2.26. The Bertz CT molecular complexity index is 394. The molecule has 0 spiro atoms. The normalized spacial score (nSPS) is 10.1. The van der Waals surface area contributed by atoms with E-state index in [-0.39, 0.29) is 12.5 Å². The standard InChI is InChI=1S/C12H17ClN2O2/c1-14-7-9-10(13)5-4-6-11(9)17-8-12(16)15(2)3/h4-6,14H,7-8H2,1-3H3. The molecule has 5 heteroatoms. The Morgan fingerprint density at radius 1 is 1.47 bits per heavy atom. The van der Waals surface area contributed by atoms with E-state index < -0.39 is 0 Å². The van der Waals surface area contributed by atoms with E-state index in [1.165, 1.54) is 4.90 Å². The van der Waals surface area contributed by atoms with Crippen molar-refractivity contribution in [1.29, 1.82) is 0 Å². The topological polar surface area (TPSA) is 41.6 Å². The van der Waals surface area contributed by atoms with Crippen molar-refractivity contribution < 1.29 is 9.53 Å². The molecule has 0 atom stereocenters. The summed E-state index contributed by atoms with van der Waals surface area (Å²) in [5.41, 5.74) is 0.864. The van der Waals surface area contributed by atoms with E-state index in [1.54, 1.807) is 26.2 Å². The van der Waals surface area contributed by atoms with Crippen LogP contribution in [0.2, 0.25) is 5.02 Å². The maximum Gasteiger partial charge on any atom is 0.259 e. The molecular formula is C12H17ClN2O2. The third kappa shape index (κ3) is 3.91. The molecule has 0 unspecified atom stereocenters. The number of amides is 1. The summed E-state index contributed by atoms with van der Waals surface area (Å²) in [5, 5.41) is 3.65. The monoisotopic (exact) mass is 256 g/mol. The van der Waals surface area contributed by atoms with Gasteiger partial charge in [-0.15, -0.1) is 0 Å². The lowest BCUT2D eigenvalue weighted by atomic mass is 10.2. The van der Waals surface area contributed by atoms with Gasteiger partial charge in [-0.25, -0.2) is 0 Å². The zero-order chi connectivity index (χ0) is 12.8. The first-order valence-corrected chi connectivity index (χ1v) is 5.69. The largest absolute Gasteiger partial charge is 0.483 e. The van der Waals surface area contributed by atoms with Crippen LogP contribution in [0, 0.1) is 0 Å². The quantitative estimate of drug-likeness (QED) is 0.869. The van der Waals surface area contributed by atoms with Gasteiger partial charge < -0.3 is 15.0 Å². The number of halogens is 1. The van der Waals surface area contributed by atoms with Crippen LogP contribution in [0.15, 0.2) is 18.2 Å². The molecule has 4 nitrogen and oxygen atoms in total. The molecule has 0 saturated heterocycles. The number of nitrogens with zero attached hydrogens (tertiary/aromatic N) is 1. The van der Waals surface area contributed by atoms with Crippen molar-refractivity contribution in [1.82, 2.24) is 10.2 Å². The van der Waals surface area contributed by atoms with Gasteiger partial charge >= 0.3 is 0 Å². The summed E-state index contributed by atoms with van der Waals surface area (Å²) in [6.07, 6.45) is 0. The van der Waals surface area contributed by atoms with Gasteiger partial charge in [0, 0.05) is 31.2 Å². The molecule has 1 amide bonds. The zero-order valence-electron chi connectivity index (χ0n) is 10.3. The lowest BCUT2D eigenvalue weighted by Gasteiger charge is -2.14. The first kappa shape index (κ1) is 13.8. The second-order valence-corrected chi connectivity index (χ2v) is 4.23. The van der Waals surface area contributed by atoms with Crippen molar-refractivity contribution in [2.24, 2.45) is 0 Å². The van der Waals surface area contributed by atoms with Crippen LogP contribution in [0.3, 0.4) is 0 Å². The van der Waals surface area contributed by atoms with E-state index in [2.05, 4.69) is 5.32 Å². The van der Waals surface area contributed by atoms with Crippen molar-refractivity contribution in [2.75, 3.05) is 27.7 Å². The van der Waals surface area contributed by atoms with Gasteiger partial charge in [-0.05, 0) is 19.2 Å². The van der Waals surface area contributed by atoms with Crippen LogP contribution in [-0.2, 0) is 11.3 Å². The van der Waals surface area contributed by atoms with E-state index in [0.717, 1.165) is 5.56 Å². The molecule has 1 rings (SSSR count). The SMILES string of the molecule is CNCc1c(Cl)cccc1OCC(=O)N(C)C. The minimum absolute atomic E-state index is 0.0179. The van der Waals surface area contributed by atoms with Gasteiger partial charge in [-0.2, -0.15) is 0 Å². The van der Waals surface area contributed by atoms with Crippen molar-refractivity contribution in [3.63, 3.8) is 0 Å². The fraction of sp³-hybridized carbons (Fsp3) is 0.417. The molecule has 0 heterocycles. The molecule has 0 aliphatic rings. The van der Waals surface area contributed by atoms with Gasteiger partial charge in [0.15, 0.2) is 6.61 Å². The van der Waals surface area contributed by atoms with Gasteiger partial charge in [0.25, 0.3) is 5.91 Å². The Kier molecular flexibility index (Phi) is 5.25. The van der Waals surface area contributed by atoms with E-state index in [4.69, 9.17) is 16.3 Å². The summed E-state index contributed by atoms with van der Waals surface area (Å²) in [6.45, 7) is 0.620. The number of likely N-dealkylation sites (N-methyl/N-ethyl adjacent to an activating group) is 1. The van der Waals surface area contributed by atoms with Gasteiger partial charge in [-0.3, -0.25) is 4.79 Å². The number of benzene rings is 1. The van der Waals surface area contributed by atoms with Gasteiger partial charge in [-0.1, -0.05) is 17.7 Å². The minimum Gasteiger partial charge on any atom is -0.483 e. The Morgan fingerprint density at radius 2 is 2.18 bits per heavy atom.